The molecular weight excluding hydrogens is 476 g/mol. The van der Waals surface area contributed by atoms with E-state index in [0.717, 1.165) is 44.5 Å². The molecule has 4 heteroatoms. The second kappa shape index (κ2) is 9.39. The van der Waals surface area contributed by atoms with Crippen LogP contribution >= 0.6 is 23.2 Å². The van der Waals surface area contributed by atoms with Crippen LogP contribution in [-0.2, 0) is 6.42 Å². The van der Waals surface area contributed by atoms with Gasteiger partial charge in [-0.25, -0.2) is 0 Å². The molecule has 6 rings (SSSR count). The molecule has 0 aromatic heterocycles. The molecule has 3 aromatic carbocycles. The van der Waals surface area contributed by atoms with E-state index in [1.807, 2.05) is 12.1 Å². The molecule has 1 nitrogen and oxygen atoms in total. The monoisotopic (exact) mass is 505 g/mol. The topological polar surface area (TPSA) is 3.24 Å². The standard InChI is InChI=1S/C31H30Cl2FN/c32-24-13-14-26(29(33)17-24)27-8-3-6-21-5-1-2-7-25(21)30(27)23-11-9-22(10-12-23)28-18-31(28)19-35(20-31)16-4-15-34/h1-2,5,7,9-14,17,28H,3-4,6,8,15-16,18-20H2. The Morgan fingerprint density at radius 3 is 2.49 bits per heavy atom. The number of fused-ring (bicyclic) bond motifs is 1. The molecule has 1 aliphatic heterocycles. The van der Waals surface area contributed by atoms with E-state index < -0.39 is 0 Å². The van der Waals surface area contributed by atoms with Crippen LogP contribution in [0.1, 0.15) is 59.4 Å². The van der Waals surface area contributed by atoms with Crippen LogP contribution in [0.25, 0.3) is 11.1 Å². The summed E-state index contributed by atoms with van der Waals surface area (Å²) in [5.74, 6) is 0.638. The first-order chi connectivity index (χ1) is 17.1. The highest BCUT2D eigenvalue weighted by Crippen LogP contribution is 2.64. The number of allylic oxidation sites excluding steroid dienone is 1. The highest BCUT2D eigenvalue weighted by atomic mass is 35.5. The lowest BCUT2D eigenvalue weighted by atomic mass is 9.86. The molecule has 3 aliphatic rings. The van der Waals surface area contributed by atoms with Crippen molar-refractivity contribution in [1.82, 2.24) is 4.90 Å². The molecule has 3 aromatic rings. The number of hydrogen-bond acceptors (Lipinski definition) is 1. The molecule has 1 saturated heterocycles. The Labute approximate surface area is 217 Å². The Morgan fingerprint density at radius 1 is 0.914 bits per heavy atom. The smallest absolute Gasteiger partial charge is 0.0906 e. The van der Waals surface area contributed by atoms with E-state index in [-0.39, 0.29) is 6.67 Å². The summed E-state index contributed by atoms with van der Waals surface area (Å²) < 4.78 is 12.5. The molecule has 0 N–H and O–H groups in total. The number of alkyl halides is 1. The number of benzene rings is 3. The average molecular weight is 506 g/mol. The number of rotatable bonds is 6. The van der Waals surface area contributed by atoms with E-state index >= 15 is 0 Å². The van der Waals surface area contributed by atoms with Gasteiger partial charge in [-0.3, -0.25) is 4.39 Å². The molecule has 35 heavy (non-hydrogen) atoms. The largest absolute Gasteiger partial charge is 0.302 e. The summed E-state index contributed by atoms with van der Waals surface area (Å²) in [5.41, 5.74) is 9.50. The van der Waals surface area contributed by atoms with Crippen LogP contribution < -0.4 is 0 Å². The fraction of sp³-hybridized carbons (Fsp3) is 0.355. The first-order valence-corrected chi connectivity index (χ1v) is 13.5. The maximum atomic E-state index is 12.5. The summed E-state index contributed by atoms with van der Waals surface area (Å²) >= 11 is 13.0. The van der Waals surface area contributed by atoms with Gasteiger partial charge >= 0.3 is 0 Å². The van der Waals surface area contributed by atoms with Gasteiger partial charge in [-0.1, -0.05) is 77.8 Å². The lowest BCUT2D eigenvalue weighted by Crippen LogP contribution is -2.49. The van der Waals surface area contributed by atoms with E-state index in [9.17, 15) is 4.39 Å². The SMILES string of the molecule is FCCCN1CC2(CC2c2ccc(C3=C(c4ccc(Cl)cc4Cl)CCCc4ccccc43)cc2)C1. The summed E-state index contributed by atoms with van der Waals surface area (Å²) in [6.45, 7) is 2.93. The molecule has 1 atom stereocenters. The van der Waals surface area contributed by atoms with Crippen molar-refractivity contribution in [2.24, 2.45) is 5.41 Å². The molecule has 1 unspecified atom stereocenters. The minimum Gasteiger partial charge on any atom is -0.302 e. The van der Waals surface area contributed by atoms with E-state index in [0.29, 0.717) is 27.8 Å². The van der Waals surface area contributed by atoms with Gasteiger partial charge in [-0.05, 0) is 89.1 Å². The maximum Gasteiger partial charge on any atom is 0.0906 e. The number of nitrogens with zero attached hydrogens (tertiary/aromatic N) is 1. The third-order valence-electron chi connectivity index (χ3n) is 8.19. The Morgan fingerprint density at radius 2 is 1.71 bits per heavy atom. The third-order valence-corrected chi connectivity index (χ3v) is 8.74. The van der Waals surface area contributed by atoms with Crippen LogP contribution in [0.2, 0.25) is 10.0 Å². The Bertz CT molecular complexity index is 1270. The zero-order chi connectivity index (χ0) is 24.0. The van der Waals surface area contributed by atoms with E-state index in [1.165, 1.54) is 39.8 Å². The highest BCUT2D eigenvalue weighted by molar-refractivity contribution is 6.36. The van der Waals surface area contributed by atoms with Gasteiger partial charge in [0, 0.05) is 35.1 Å². The van der Waals surface area contributed by atoms with E-state index in [2.05, 4.69) is 59.5 Å². The van der Waals surface area contributed by atoms with Crippen LogP contribution in [0.5, 0.6) is 0 Å². The Hall–Kier alpha value is -2.13. The van der Waals surface area contributed by atoms with Crippen molar-refractivity contribution in [3.8, 4) is 0 Å². The summed E-state index contributed by atoms with van der Waals surface area (Å²) in [6, 6.07) is 23.9. The summed E-state index contributed by atoms with van der Waals surface area (Å²) in [7, 11) is 0. The van der Waals surface area contributed by atoms with Gasteiger partial charge in [0.15, 0.2) is 0 Å². The van der Waals surface area contributed by atoms with Gasteiger partial charge < -0.3 is 4.90 Å². The number of aryl methyl sites for hydroxylation is 1. The molecule has 0 radical (unpaired) electrons. The van der Waals surface area contributed by atoms with Crippen LogP contribution in [-0.4, -0.2) is 31.2 Å². The first kappa shape index (κ1) is 23.3. The number of likely N-dealkylation sites (tertiary alicyclic amines) is 1. The second-order valence-electron chi connectivity index (χ2n) is 10.5. The molecule has 0 amide bonds. The average Bonchev–Trinajstić information content (AvgIpc) is 3.61. The predicted molar refractivity (Wildman–Crippen MR) is 145 cm³/mol. The van der Waals surface area contributed by atoms with Crippen molar-refractivity contribution in [3.63, 3.8) is 0 Å². The van der Waals surface area contributed by atoms with Gasteiger partial charge in [0.25, 0.3) is 0 Å². The molecular formula is C31H30Cl2FN. The summed E-state index contributed by atoms with van der Waals surface area (Å²) in [5, 5.41) is 1.38. The van der Waals surface area contributed by atoms with Crippen molar-refractivity contribution >= 4 is 34.3 Å². The predicted octanol–water partition coefficient (Wildman–Crippen LogP) is 8.44. The van der Waals surface area contributed by atoms with Crippen molar-refractivity contribution in [1.29, 1.82) is 0 Å². The van der Waals surface area contributed by atoms with Crippen LogP contribution in [0.15, 0.2) is 66.7 Å². The molecule has 1 saturated carbocycles. The molecule has 0 bridgehead atoms. The lowest BCUT2D eigenvalue weighted by molar-refractivity contribution is 0.0737. The van der Waals surface area contributed by atoms with Crippen LogP contribution in [0.4, 0.5) is 4.39 Å². The quantitative estimate of drug-likeness (QED) is 0.324. The zero-order valence-corrected chi connectivity index (χ0v) is 21.4. The summed E-state index contributed by atoms with van der Waals surface area (Å²) in [4.78, 5) is 2.41. The van der Waals surface area contributed by atoms with E-state index in [1.54, 1.807) is 0 Å². The van der Waals surface area contributed by atoms with Gasteiger partial charge in [0.2, 0.25) is 0 Å². The molecule has 2 aliphatic carbocycles. The van der Waals surface area contributed by atoms with E-state index in [4.69, 9.17) is 23.2 Å². The minimum atomic E-state index is -0.212. The Balaban J connectivity index is 1.35. The molecule has 1 heterocycles. The maximum absolute atomic E-state index is 12.5. The number of hydrogen-bond donors (Lipinski definition) is 0. The van der Waals surface area contributed by atoms with Gasteiger partial charge in [0.05, 0.1) is 6.67 Å². The normalized spacial score (nSPS) is 20.9. The fourth-order valence-corrected chi connectivity index (χ4v) is 6.92. The molecule has 1 spiro atoms. The van der Waals surface area contributed by atoms with Crippen molar-refractivity contribution in [2.75, 3.05) is 26.3 Å². The van der Waals surface area contributed by atoms with Crippen LogP contribution in [0.3, 0.4) is 0 Å². The third kappa shape index (κ3) is 4.35. The minimum absolute atomic E-state index is 0.212. The summed E-state index contributed by atoms with van der Waals surface area (Å²) in [6.07, 6.45) is 5.06. The van der Waals surface area contributed by atoms with Gasteiger partial charge in [-0.15, -0.1) is 0 Å². The van der Waals surface area contributed by atoms with Gasteiger partial charge in [0.1, 0.15) is 0 Å². The van der Waals surface area contributed by atoms with Crippen molar-refractivity contribution in [2.45, 2.75) is 38.0 Å². The second-order valence-corrected chi connectivity index (χ2v) is 11.3. The van der Waals surface area contributed by atoms with Crippen molar-refractivity contribution < 1.29 is 4.39 Å². The fourth-order valence-electron chi connectivity index (χ4n) is 6.40. The molecule has 2 fully saturated rings. The molecule has 180 valence electrons. The zero-order valence-electron chi connectivity index (χ0n) is 19.9. The Kier molecular flexibility index (Phi) is 6.25. The first-order valence-electron chi connectivity index (χ1n) is 12.7. The highest BCUT2D eigenvalue weighted by Gasteiger charge is 2.61. The lowest BCUT2D eigenvalue weighted by Gasteiger charge is -2.41. The number of halogens is 3. The van der Waals surface area contributed by atoms with Crippen molar-refractivity contribution in [3.05, 3.63) is 105 Å². The van der Waals surface area contributed by atoms with Gasteiger partial charge in [-0.2, -0.15) is 0 Å². The van der Waals surface area contributed by atoms with Crippen LogP contribution in [0, 0.1) is 5.41 Å².